The molecule has 0 atom stereocenters. The van der Waals surface area contributed by atoms with Gasteiger partial charge in [0.25, 0.3) is 0 Å². The molecule has 0 saturated heterocycles. The first-order valence-electron chi connectivity index (χ1n) is 7.91. The average molecular weight is 364 g/mol. The summed E-state index contributed by atoms with van der Waals surface area (Å²) in [5, 5.41) is 7.91. The van der Waals surface area contributed by atoms with E-state index in [0.717, 1.165) is 41.2 Å². The molecule has 0 unspecified atom stereocenters. The van der Waals surface area contributed by atoms with Crippen LogP contribution in [-0.4, -0.2) is 21.9 Å². The highest BCUT2D eigenvalue weighted by Gasteiger charge is 2.11. The van der Waals surface area contributed by atoms with Crippen molar-refractivity contribution in [3.8, 4) is 0 Å². The van der Waals surface area contributed by atoms with Crippen molar-refractivity contribution in [2.75, 3.05) is 11.6 Å². The summed E-state index contributed by atoms with van der Waals surface area (Å²) < 4.78 is 1.79. The Kier molecular flexibility index (Phi) is 6.94. The summed E-state index contributed by atoms with van der Waals surface area (Å²) in [6.45, 7) is 4.81. The lowest BCUT2D eigenvalue weighted by molar-refractivity contribution is -0.111. The number of hydrogen-bond donors (Lipinski definition) is 1. The van der Waals surface area contributed by atoms with Crippen molar-refractivity contribution >= 4 is 41.0 Å². The maximum atomic E-state index is 12.2. The highest BCUT2D eigenvalue weighted by molar-refractivity contribution is 7.98. The zero-order valence-electron chi connectivity index (χ0n) is 14.2. The maximum absolute atomic E-state index is 12.2. The van der Waals surface area contributed by atoms with Crippen LogP contribution in [0.4, 0.5) is 5.69 Å². The number of carbonyl (C=O) groups excluding carboxylic acids is 1. The lowest BCUT2D eigenvalue weighted by Gasteiger charge is -2.06. The van der Waals surface area contributed by atoms with Crippen LogP contribution in [-0.2, 0) is 11.3 Å². The molecular formula is C18H22ClN3OS. The van der Waals surface area contributed by atoms with Crippen LogP contribution in [0.5, 0.6) is 0 Å². The van der Waals surface area contributed by atoms with Crippen molar-refractivity contribution in [3.63, 3.8) is 0 Å². The topological polar surface area (TPSA) is 46.9 Å². The predicted octanol–water partition coefficient (Wildman–Crippen LogP) is 5.02. The first kappa shape index (κ1) is 18.6. The molecule has 0 bridgehead atoms. The summed E-state index contributed by atoms with van der Waals surface area (Å²) in [5.41, 5.74) is 2.42. The molecule has 24 heavy (non-hydrogen) atoms. The summed E-state index contributed by atoms with van der Waals surface area (Å²) in [4.78, 5) is 13.2. The summed E-state index contributed by atoms with van der Waals surface area (Å²) in [6, 6.07) is 7.71. The number of rotatable bonds is 7. The fourth-order valence-corrected chi connectivity index (χ4v) is 3.17. The lowest BCUT2D eigenvalue weighted by atomic mass is 10.2. The fraction of sp³-hybridized carbons (Fsp3) is 0.333. The summed E-state index contributed by atoms with van der Waals surface area (Å²) in [5.74, 6) is -0.187. The Morgan fingerprint density at radius 1 is 1.42 bits per heavy atom. The Bertz CT molecular complexity index is 740. The highest BCUT2D eigenvalue weighted by Crippen LogP contribution is 2.25. The van der Waals surface area contributed by atoms with Crippen molar-refractivity contribution in [1.29, 1.82) is 0 Å². The van der Waals surface area contributed by atoms with E-state index in [1.54, 1.807) is 22.5 Å². The molecule has 0 aliphatic rings. The van der Waals surface area contributed by atoms with Gasteiger partial charge in [-0.3, -0.25) is 9.48 Å². The van der Waals surface area contributed by atoms with Gasteiger partial charge in [-0.1, -0.05) is 37.1 Å². The van der Waals surface area contributed by atoms with Gasteiger partial charge in [-0.25, -0.2) is 0 Å². The number of carbonyl (C=O) groups is 1. The molecule has 0 radical (unpaired) electrons. The normalized spacial score (nSPS) is 11.2. The Labute approximate surface area is 152 Å². The van der Waals surface area contributed by atoms with E-state index in [1.165, 1.54) is 6.08 Å². The minimum atomic E-state index is -0.187. The second kappa shape index (κ2) is 8.94. The Balaban J connectivity index is 2.10. The average Bonchev–Trinajstić information content (AvgIpc) is 2.85. The summed E-state index contributed by atoms with van der Waals surface area (Å²) >= 11 is 7.97. The van der Waals surface area contributed by atoms with Gasteiger partial charge in [-0.15, -0.1) is 11.8 Å². The minimum Gasteiger partial charge on any atom is -0.321 e. The van der Waals surface area contributed by atoms with Gasteiger partial charge in [0.1, 0.15) is 5.15 Å². The number of para-hydroxylation sites is 1. The molecule has 0 aliphatic carbocycles. The van der Waals surface area contributed by atoms with Gasteiger partial charge in [0, 0.05) is 23.1 Å². The maximum Gasteiger partial charge on any atom is 0.248 e. The van der Waals surface area contributed by atoms with Gasteiger partial charge in [0.15, 0.2) is 0 Å². The summed E-state index contributed by atoms with van der Waals surface area (Å²) in [6.07, 6.45) is 7.31. The smallest absolute Gasteiger partial charge is 0.248 e. The molecule has 1 aromatic heterocycles. The SMILES string of the molecule is CCCCn1nc(C)c(/C=C/C(=O)Nc2ccccc2SC)c1Cl. The number of nitrogens with zero attached hydrogens (tertiary/aromatic N) is 2. The van der Waals surface area contributed by atoms with Crippen molar-refractivity contribution < 1.29 is 4.79 Å². The monoisotopic (exact) mass is 363 g/mol. The number of aromatic nitrogens is 2. The summed E-state index contributed by atoms with van der Waals surface area (Å²) in [7, 11) is 0. The van der Waals surface area contributed by atoms with Gasteiger partial charge in [-0.2, -0.15) is 5.10 Å². The van der Waals surface area contributed by atoms with Gasteiger partial charge in [0.2, 0.25) is 5.91 Å². The molecule has 0 fully saturated rings. The number of benzene rings is 1. The van der Waals surface area contributed by atoms with E-state index in [4.69, 9.17) is 11.6 Å². The second-order valence-electron chi connectivity index (χ2n) is 5.39. The van der Waals surface area contributed by atoms with E-state index in [0.29, 0.717) is 5.15 Å². The fourth-order valence-electron chi connectivity index (χ4n) is 2.29. The van der Waals surface area contributed by atoms with E-state index in [2.05, 4.69) is 17.3 Å². The molecule has 4 nitrogen and oxygen atoms in total. The Morgan fingerprint density at radius 2 is 2.17 bits per heavy atom. The van der Waals surface area contributed by atoms with E-state index >= 15 is 0 Å². The molecule has 2 rings (SSSR count). The first-order chi connectivity index (χ1) is 11.6. The molecule has 2 aromatic rings. The molecule has 0 saturated carbocycles. The third-order valence-corrected chi connectivity index (χ3v) is 4.79. The quantitative estimate of drug-likeness (QED) is 0.555. The molecule has 1 heterocycles. The molecule has 1 N–H and O–H groups in total. The zero-order chi connectivity index (χ0) is 17.5. The molecule has 0 spiro atoms. The second-order valence-corrected chi connectivity index (χ2v) is 6.60. The van der Waals surface area contributed by atoms with Gasteiger partial charge >= 0.3 is 0 Å². The lowest BCUT2D eigenvalue weighted by Crippen LogP contribution is -2.08. The van der Waals surface area contributed by atoms with Crippen LogP contribution >= 0.6 is 23.4 Å². The molecule has 1 aromatic carbocycles. The van der Waals surface area contributed by atoms with Crippen LogP contribution in [0.3, 0.4) is 0 Å². The Hall–Kier alpha value is -1.72. The number of amides is 1. The molecule has 0 aliphatic heterocycles. The number of unbranched alkanes of at least 4 members (excludes halogenated alkanes) is 1. The predicted molar refractivity (Wildman–Crippen MR) is 103 cm³/mol. The van der Waals surface area contributed by atoms with Crippen LogP contribution in [0.1, 0.15) is 31.0 Å². The number of thioether (sulfide) groups is 1. The van der Waals surface area contributed by atoms with E-state index in [9.17, 15) is 4.79 Å². The van der Waals surface area contributed by atoms with Gasteiger partial charge in [0.05, 0.1) is 11.4 Å². The number of halogens is 1. The van der Waals surface area contributed by atoms with Crippen molar-refractivity contribution in [3.05, 3.63) is 46.8 Å². The van der Waals surface area contributed by atoms with Crippen LogP contribution < -0.4 is 5.32 Å². The van der Waals surface area contributed by atoms with Crippen LogP contribution in [0.2, 0.25) is 5.15 Å². The van der Waals surface area contributed by atoms with Crippen molar-refractivity contribution in [2.45, 2.75) is 38.1 Å². The minimum absolute atomic E-state index is 0.187. The van der Waals surface area contributed by atoms with Crippen molar-refractivity contribution in [1.82, 2.24) is 9.78 Å². The number of anilines is 1. The van der Waals surface area contributed by atoms with E-state index in [1.807, 2.05) is 37.4 Å². The van der Waals surface area contributed by atoms with E-state index < -0.39 is 0 Å². The number of hydrogen-bond acceptors (Lipinski definition) is 3. The number of nitrogens with one attached hydrogen (secondary N) is 1. The van der Waals surface area contributed by atoms with Crippen LogP contribution in [0.25, 0.3) is 6.08 Å². The first-order valence-corrected chi connectivity index (χ1v) is 9.52. The molecule has 128 valence electrons. The van der Waals surface area contributed by atoms with Gasteiger partial charge < -0.3 is 5.32 Å². The van der Waals surface area contributed by atoms with Crippen LogP contribution in [0, 0.1) is 6.92 Å². The number of aryl methyl sites for hydroxylation is 2. The third kappa shape index (κ3) is 4.65. The standard InChI is InChI=1S/C18H22ClN3OS/c1-4-5-12-22-18(19)14(13(2)21-22)10-11-17(23)20-15-8-6-7-9-16(15)24-3/h6-11H,4-5,12H2,1-3H3,(H,20,23)/b11-10+. The van der Waals surface area contributed by atoms with E-state index in [-0.39, 0.29) is 5.91 Å². The molecule has 6 heteroatoms. The van der Waals surface area contributed by atoms with Gasteiger partial charge in [-0.05, 0) is 37.8 Å². The Morgan fingerprint density at radius 3 is 2.88 bits per heavy atom. The zero-order valence-corrected chi connectivity index (χ0v) is 15.7. The highest BCUT2D eigenvalue weighted by atomic mass is 35.5. The third-order valence-electron chi connectivity index (χ3n) is 3.60. The van der Waals surface area contributed by atoms with Crippen molar-refractivity contribution in [2.24, 2.45) is 0 Å². The largest absolute Gasteiger partial charge is 0.321 e. The molecular weight excluding hydrogens is 342 g/mol. The molecule has 1 amide bonds. The van der Waals surface area contributed by atoms with Crippen LogP contribution in [0.15, 0.2) is 35.2 Å².